The molecule has 0 aliphatic rings. The Balaban J connectivity index is 2.97. The SMILES string of the molecule is Cc1ccc(C(=O)O)cc1S(=O)(=O)CCCCC#N. The van der Waals surface area contributed by atoms with Crippen LogP contribution in [0.25, 0.3) is 0 Å². The van der Waals surface area contributed by atoms with Crippen LogP contribution in [0.15, 0.2) is 23.1 Å². The molecule has 0 saturated heterocycles. The molecule has 6 heteroatoms. The monoisotopic (exact) mass is 281 g/mol. The van der Waals surface area contributed by atoms with Gasteiger partial charge in [0.2, 0.25) is 0 Å². The first-order chi connectivity index (χ1) is 8.88. The molecule has 0 bridgehead atoms. The van der Waals surface area contributed by atoms with Crippen LogP contribution >= 0.6 is 0 Å². The fraction of sp³-hybridized carbons (Fsp3) is 0.385. The van der Waals surface area contributed by atoms with Crippen molar-refractivity contribution in [2.45, 2.75) is 31.1 Å². The molecule has 0 saturated carbocycles. The van der Waals surface area contributed by atoms with Gasteiger partial charge in [0.15, 0.2) is 9.84 Å². The number of carboxylic acids is 1. The normalized spacial score (nSPS) is 10.9. The van der Waals surface area contributed by atoms with E-state index in [4.69, 9.17) is 10.4 Å². The van der Waals surface area contributed by atoms with Gasteiger partial charge in [0, 0.05) is 6.42 Å². The minimum absolute atomic E-state index is 0.0406. The van der Waals surface area contributed by atoms with Crippen LogP contribution < -0.4 is 0 Å². The molecule has 1 aromatic carbocycles. The van der Waals surface area contributed by atoms with Crippen LogP contribution in [0, 0.1) is 18.3 Å². The molecule has 19 heavy (non-hydrogen) atoms. The Morgan fingerprint density at radius 1 is 1.37 bits per heavy atom. The van der Waals surface area contributed by atoms with E-state index in [1.54, 1.807) is 6.92 Å². The lowest BCUT2D eigenvalue weighted by atomic mass is 10.1. The number of hydrogen-bond acceptors (Lipinski definition) is 4. The van der Waals surface area contributed by atoms with Gasteiger partial charge in [-0.05, 0) is 37.5 Å². The van der Waals surface area contributed by atoms with Crippen LogP contribution in [0.1, 0.15) is 35.2 Å². The van der Waals surface area contributed by atoms with E-state index in [0.717, 1.165) is 0 Å². The summed E-state index contributed by atoms with van der Waals surface area (Å²) in [5.41, 5.74) is 0.492. The molecule has 0 fully saturated rings. The fourth-order valence-corrected chi connectivity index (χ4v) is 3.34. The molecule has 0 spiro atoms. The minimum atomic E-state index is -3.50. The third kappa shape index (κ3) is 4.07. The topological polar surface area (TPSA) is 95.2 Å². The van der Waals surface area contributed by atoms with Crippen molar-refractivity contribution < 1.29 is 18.3 Å². The number of unbranched alkanes of at least 4 members (excludes halogenated alkanes) is 2. The van der Waals surface area contributed by atoms with Gasteiger partial charge in [-0.3, -0.25) is 0 Å². The Hall–Kier alpha value is -1.87. The Labute approximate surface area is 112 Å². The number of rotatable bonds is 6. The highest BCUT2D eigenvalue weighted by Gasteiger charge is 2.18. The van der Waals surface area contributed by atoms with Crippen molar-refractivity contribution in [1.82, 2.24) is 0 Å². The largest absolute Gasteiger partial charge is 0.478 e. The molecule has 0 aromatic heterocycles. The first-order valence-electron chi connectivity index (χ1n) is 5.82. The summed E-state index contributed by atoms with van der Waals surface area (Å²) in [7, 11) is -3.50. The molecule has 0 unspecified atom stereocenters. The van der Waals surface area contributed by atoms with E-state index in [2.05, 4.69) is 0 Å². The molecular formula is C13H15NO4S. The average molecular weight is 281 g/mol. The Kier molecular flexibility index (Phi) is 5.07. The second-order valence-corrected chi connectivity index (χ2v) is 6.30. The van der Waals surface area contributed by atoms with E-state index >= 15 is 0 Å². The summed E-state index contributed by atoms with van der Waals surface area (Å²) in [6, 6.07) is 6.02. The maximum atomic E-state index is 12.1. The smallest absolute Gasteiger partial charge is 0.335 e. The number of aromatic carboxylic acids is 1. The van der Waals surface area contributed by atoms with Crippen LogP contribution in [0.3, 0.4) is 0 Å². The van der Waals surface area contributed by atoms with Crippen LogP contribution in [-0.2, 0) is 9.84 Å². The second-order valence-electron chi connectivity index (χ2n) is 4.22. The third-order valence-corrected chi connectivity index (χ3v) is 4.66. The number of aryl methyl sites for hydroxylation is 1. The van der Waals surface area contributed by atoms with E-state index in [1.165, 1.54) is 18.2 Å². The van der Waals surface area contributed by atoms with Crippen LogP contribution in [0.2, 0.25) is 0 Å². The molecule has 0 aliphatic heterocycles. The van der Waals surface area contributed by atoms with E-state index in [9.17, 15) is 13.2 Å². The predicted molar refractivity (Wildman–Crippen MR) is 69.7 cm³/mol. The van der Waals surface area contributed by atoms with Gasteiger partial charge in [0.25, 0.3) is 0 Å². The van der Waals surface area contributed by atoms with Crippen LogP contribution in [-0.4, -0.2) is 25.2 Å². The summed E-state index contributed by atoms with van der Waals surface area (Å²) in [6.07, 6.45) is 1.24. The van der Waals surface area contributed by atoms with Crippen LogP contribution in [0.4, 0.5) is 0 Å². The van der Waals surface area contributed by atoms with Gasteiger partial charge in [0.05, 0.1) is 22.3 Å². The summed E-state index contributed by atoms with van der Waals surface area (Å²) >= 11 is 0. The third-order valence-electron chi connectivity index (χ3n) is 2.72. The lowest BCUT2D eigenvalue weighted by molar-refractivity contribution is 0.0696. The lowest BCUT2D eigenvalue weighted by Gasteiger charge is -2.08. The van der Waals surface area contributed by atoms with E-state index < -0.39 is 15.8 Å². The van der Waals surface area contributed by atoms with Crippen molar-refractivity contribution >= 4 is 15.8 Å². The first-order valence-corrected chi connectivity index (χ1v) is 7.47. The van der Waals surface area contributed by atoms with Gasteiger partial charge in [-0.1, -0.05) is 6.07 Å². The zero-order valence-electron chi connectivity index (χ0n) is 10.6. The molecule has 0 heterocycles. The van der Waals surface area contributed by atoms with Crippen molar-refractivity contribution in [3.8, 4) is 6.07 Å². The zero-order chi connectivity index (χ0) is 14.5. The lowest BCUT2D eigenvalue weighted by Crippen LogP contribution is -2.10. The van der Waals surface area contributed by atoms with Gasteiger partial charge < -0.3 is 5.11 Å². The van der Waals surface area contributed by atoms with Gasteiger partial charge >= 0.3 is 5.97 Å². The van der Waals surface area contributed by atoms with Gasteiger partial charge in [-0.25, -0.2) is 13.2 Å². The molecule has 1 N–H and O–H groups in total. The van der Waals surface area contributed by atoms with Gasteiger partial charge in [-0.15, -0.1) is 0 Å². The average Bonchev–Trinajstić information content (AvgIpc) is 2.34. The number of carbonyl (C=O) groups is 1. The predicted octanol–water partition coefficient (Wildman–Crippen LogP) is 2.16. The Morgan fingerprint density at radius 2 is 2.05 bits per heavy atom. The molecule has 1 aromatic rings. The second kappa shape index (κ2) is 6.34. The van der Waals surface area contributed by atoms with Gasteiger partial charge in [0.1, 0.15) is 0 Å². The molecule has 102 valence electrons. The summed E-state index contributed by atoms with van der Waals surface area (Å²) in [5, 5.41) is 17.3. The van der Waals surface area contributed by atoms with E-state index in [-0.39, 0.29) is 16.2 Å². The molecule has 0 amide bonds. The summed E-state index contributed by atoms with van der Waals surface area (Å²) in [4.78, 5) is 10.9. The van der Waals surface area contributed by atoms with E-state index in [1.807, 2.05) is 6.07 Å². The van der Waals surface area contributed by atoms with Crippen molar-refractivity contribution in [2.75, 3.05) is 5.75 Å². The summed E-state index contributed by atoms with van der Waals surface area (Å²) in [5.74, 6) is -1.22. The number of hydrogen-bond donors (Lipinski definition) is 1. The number of sulfone groups is 1. The highest BCUT2D eigenvalue weighted by Crippen LogP contribution is 2.20. The van der Waals surface area contributed by atoms with Gasteiger partial charge in [-0.2, -0.15) is 5.26 Å². The molecular weight excluding hydrogens is 266 g/mol. The van der Waals surface area contributed by atoms with Crippen molar-refractivity contribution in [2.24, 2.45) is 0 Å². The maximum absolute atomic E-state index is 12.1. The summed E-state index contributed by atoms with van der Waals surface area (Å²) in [6.45, 7) is 1.63. The molecule has 0 atom stereocenters. The molecule has 0 aliphatic carbocycles. The molecule has 5 nitrogen and oxygen atoms in total. The minimum Gasteiger partial charge on any atom is -0.478 e. The Morgan fingerprint density at radius 3 is 2.63 bits per heavy atom. The van der Waals surface area contributed by atoms with Crippen molar-refractivity contribution in [3.63, 3.8) is 0 Å². The van der Waals surface area contributed by atoms with Crippen molar-refractivity contribution in [3.05, 3.63) is 29.3 Å². The highest BCUT2D eigenvalue weighted by atomic mass is 32.2. The maximum Gasteiger partial charge on any atom is 0.335 e. The number of nitrogens with zero attached hydrogens (tertiary/aromatic N) is 1. The first kappa shape index (κ1) is 15.2. The zero-order valence-corrected chi connectivity index (χ0v) is 11.4. The fourth-order valence-electron chi connectivity index (χ4n) is 1.67. The van der Waals surface area contributed by atoms with Crippen LogP contribution in [0.5, 0.6) is 0 Å². The van der Waals surface area contributed by atoms with E-state index in [0.29, 0.717) is 24.8 Å². The standard InChI is InChI=1S/C13H15NO4S/c1-10-5-6-11(13(15)16)9-12(10)19(17,18)8-4-2-3-7-14/h5-6,9H,2-4,8H2,1H3,(H,15,16). The molecule has 0 radical (unpaired) electrons. The van der Waals surface area contributed by atoms with Crippen molar-refractivity contribution in [1.29, 1.82) is 5.26 Å². The number of carboxylic acid groups (broad SMARTS) is 1. The quantitative estimate of drug-likeness (QED) is 0.806. The Bertz CT molecular complexity index is 614. The number of benzene rings is 1. The summed E-state index contributed by atoms with van der Waals surface area (Å²) < 4.78 is 24.2. The molecule has 1 rings (SSSR count). The highest BCUT2D eigenvalue weighted by molar-refractivity contribution is 7.91. The number of nitriles is 1.